The van der Waals surface area contributed by atoms with Gasteiger partial charge < -0.3 is 14.9 Å². The summed E-state index contributed by atoms with van der Waals surface area (Å²) in [4.78, 5) is 30.0. The maximum Gasteiger partial charge on any atom is 0.345 e. The van der Waals surface area contributed by atoms with Crippen LogP contribution in [0.15, 0.2) is 25.3 Å². The molecule has 0 amide bonds. The predicted molar refractivity (Wildman–Crippen MR) is 55.8 cm³/mol. The molecule has 0 fully saturated rings. The van der Waals surface area contributed by atoms with E-state index >= 15 is 0 Å². The van der Waals surface area contributed by atoms with Gasteiger partial charge in [0.05, 0.1) is 0 Å². The van der Waals surface area contributed by atoms with Crippen molar-refractivity contribution in [2.75, 3.05) is 0 Å². The summed E-state index contributed by atoms with van der Waals surface area (Å²) >= 11 is 0. The average Bonchev–Trinajstić information content (AvgIpc) is 2.25. The van der Waals surface area contributed by atoms with Crippen molar-refractivity contribution in [3.63, 3.8) is 0 Å². The standard InChI is InChI=1S/C7H10O4.C3H4O2/c1-3-5(7(9)10)11-6(8)4-2;1-2-3(4)5/h4-5H,2-3H2,1H3,(H,9,10);2H,1H2,(H,4,5). The fourth-order valence-corrected chi connectivity index (χ4v) is 0.497. The Morgan fingerprint density at radius 3 is 1.88 bits per heavy atom. The van der Waals surface area contributed by atoms with E-state index in [4.69, 9.17) is 10.2 Å². The molecular formula is C10H14O6. The van der Waals surface area contributed by atoms with Crippen LogP contribution in [0.3, 0.4) is 0 Å². The molecule has 90 valence electrons. The molecule has 0 spiro atoms. The highest BCUT2D eigenvalue weighted by Crippen LogP contribution is 1.98. The molecule has 0 aromatic heterocycles. The second-order valence-electron chi connectivity index (χ2n) is 2.42. The number of carbonyl (C=O) groups excluding carboxylic acids is 1. The molecule has 16 heavy (non-hydrogen) atoms. The van der Waals surface area contributed by atoms with Crippen molar-refractivity contribution in [3.8, 4) is 0 Å². The Kier molecular flexibility index (Phi) is 9.64. The van der Waals surface area contributed by atoms with E-state index in [1.54, 1.807) is 6.92 Å². The lowest BCUT2D eigenvalue weighted by Gasteiger charge is -2.08. The molecule has 0 aliphatic carbocycles. The molecule has 1 unspecified atom stereocenters. The van der Waals surface area contributed by atoms with Crippen LogP contribution in [0.5, 0.6) is 0 Å². The smallest absolute Gasteiger partial charge is 0.345 e. The molecule has 0 bridgehead atoms. The van der Waals surface area contributed by atoms with E-state index in [2.05, 4.69) is 17.9 Å². The van der Waals surface area contributed by atoms with Crippen molar-refractivity contribution >= 4 is 17.9 Å². The normalized spacial score (nSPS) is 10.1. The summed E-state index contributed by atoms with van der Waals surface area (Å²) in [6, 6.07) is 0. The zero-order chi connectivity index (χ0) is 13.1. The van der Waals surface area contributed by atoms with E-state index in [-0.39, 0.29) is 6.42 Å². The first-order valence-corrected chi connectivity index (χ1v) is 4.30. The van der Waals surface area contributed by atoms with Gasteiger partial charge in [0.1, 0.15) is 0 Å². The lowest BCUT2D eigenvalue weighted by atomic mass is 10.3. The molecule has 6 nitrogen and oxygen atoms in total. The maximum atomic E-state index is 10.5. The highest BCUT2D eigenvalue weighted by Gasteiger charge is 2.17. The molecule has 1 atom stereocenters. The van der Waals surface area contributed by atoms with E-state index < -0.39 is 24.0 Å². The van der Waals surface area contributed by atoms with E-state index in [0.717, 1.165) is 12.2 Å². The van der Waals surface area contributed by atoms with Crippen molar-refractivity contribution < 1.29 is 29.3 Å². The highest BCUT2D eigenvalue weighted by molar-refractivity contribution is 5.84. The van der Waals surface area contributed by atoms with Gasteiger partial charge in [-0.25, -0.2) is 14.4 Å². The Balaban J connectivity index is 0. The van der Waals surface area contributed by atoms with E-state index in [1.807, 2.05) is 0 Å². The quantitative estimate of drug-likeness (QED) is 0.536. The minimum absolute atomic E-state index is 0.259. The van der Waals surface area contributed by atoms with Crippen LogP contribution in [0.25, 0.3) is 0 Å². The van der Waals surface area contributed by atoms with Gasteiger partial charge in [-0.05, 0) is 6.42 Å². The molecule has 0 aliphatic heterocycles. The van der Waals surface area contributed by atoms with Crippen molar-refractivity contribution in [3.05, 3.63) is 25.3 Å². The lowest BCUT2D eigenvalue weighted by Crippen LogP contribution is -2.25. The lowest BCUT2D eigenvalue weighted by molar-refractivity contribution is -0.160. The Hall–Kier alpha value is -2.11. The summed E-state index contributed by atoms with van der Waals surface area (Å²) < 4.78 is 4.45. The van der Waals surface area contributed by atoms with Crippen LogP contribution in [-0.2, 0) is 19.1 Å². The fourth-order valence-electron chi connectivity index (χ4n) is 0.497. The predicted octanol–water partition coefficient (Wildman–Crippen LogP) is 0.836. The van der Waals surface area contributed by atoms with E-state index in [9.17, 15) is 14.4 Å². The summed E-state index contributed by atoms with van der Waals surface area (Å²) in [5.41, 5.74) is 0. The number of esters is 1. The molecule has 0 radical (unpaired) electrons. The second kappa shape index (κ2) is 9.45. The van der Waals surface area contributed by atoms with Gasteiger partial charge in [-0.2, -0.15) is 0 Å². The Bertz CT molecular complexity index is 281. The van der Waals surface area contributed by atoms with Crippen molar-refractivity contribution in [1.29, 1.82) is 0 Å². The minimum Gasteiger partial charge on any atom is -0.479 e. The minimum atomic E-state index is -1.14. The Morgan fingerprint density at radius 2 is 1.69 bits per heavy atom. The summed E-state index contributed by atoms with van der Waals surface area (Å²) in [7, 11) is 0. The van der Waals surface area contributed by atoms with Crippen LogP contribution < -0.4 is 0 Å². The summed E-state index contributed by atoms with van der Waals surface area (Å²) in [6.07, 6.45) is 0.973. The van der Waals surface area contributed by atoms with Gasteiger partial charge in [0.15, 0.2) is 6.10 Å². The Labute approximate surface area is 92.8 Å². The van der Waals surface area contributed by atoms with Crippen LogP contribution in [0, 0.1) is 0 Å². The van der Waals surface area contributed by atoms with Gasteiger partial charge in [-0.1, -0.05) is 20.1 Å². The first-order valence-electron chi connectivity index (χ1n) is 4.30. The van der Waals surface area contributed by atoms with Gasteiger partial charge in [0, 0.05) is 12.2 Å². The third-order valence-electron chi connectivity index (χ3n) is 1.25. The van der Waals surface area contributed by atoms with Crippen molar-refractivity contribution in [1.82, 2.24) is 0 Å². The molecule has 0 aliphatic rings. The number of carbonyl (C=O) groups is 3. The number of carboxylic acids is 2. The third-order valence-corrected chi connectivity index (χ3v) is 1.25. The summed E-state index contributed by atoms with van der Waals surface area (Å²) in [5.74, 6) is -2.83. The molecule has 6 heteroatoms. The summed E-state index contributed by atoms with van der Waals surface area (Å²) in [5, 5.41) is 16.0. The molecule has 0 aromatic rings. The number of rotatable bonds is 5. The summed E-state index contributed by atoms with van der Waals surface area (Å²) in [6.45, 7) is 7.72. The zero-order valence-electron chi connectivity index (χ0n) is 8.88. The van der Waals surface area contributed by atoms with Gasteiger partial charge in [0.25, 0.3) is 0 Å². The molecule has 0 saturated heterocycles. The third kappa shape index (κ3) is 9.97. The molecule has 2 N–H and O–H groups in total. The largest absolute Gasteiger partial charge is 0.479 e. The molecular weight excluding hydrogens is 216 g/mol. The van der Waals surface area contributed by atoms with Crippen LogP contribution in [-0.4, -0.2) is 34.2 Å². The SMILES string of the molecule is C=CC(=O)O.C=CC(=O)OC(CC)C(=O)O. The zero-order valence-corrected chi connectivity index (χ0v) is 8.88. The van der Waals surface area contributed by atoms with Gasteiger partial charge >= 0.3 is 17.9 Å². The Morgan fingerprint density at radius 1 is 1.25 bits per heavy atom. The molecule has 0 aromatic carbocycles. The topological polar surface area (TPSA) is 101 Å². The maximum absolute atomic E-state index is 10.5. The monoisotopic (exact) mass is 230 g/mol. The van der Waals surface area contributed by atoms with Crippen LogP contribution in [0.2, 0.25) is 0 Å². The van der Waals surface area contributed by atoms with E-state index in [1.165, 1.54) is 0 Å². The number of ether oxygens (including phenoxy) is 1. The first-order chi connectivity index (χ1) is 7.38. The molecule has 0 heterocycles. The highest BCUT2D eigenvalue weighted by atomic mass is 16.6. The average molecular weight is 230 g/mol. The van der Waals surface area contributed by atoms with E-state index in [0.29, 0.717) is 0 Å². The van der Waals surface area contributed by atoms with Crippen molar-refractivity contribution in [2.24, 2.45) is 0 Å². The second-order valence-corrected chi connectivity index (χ2v) is 2.42. The molecule has 0 rings (SSSR count). The number of hydrogen-bond acceptors (Lipinski definition) is 4. The number of aliphatic carboxylic acids is 2. The van der Waals surface area contributed by atoms with Crippen LogP contribution in [0.1, 0.15) is 13.3 Å². The molecule has 0 saturated carbocycles. The van der Waals surface area contributed by atoms with Crippen molar-refractivity contribution in [2.45, 2.75) is 19.4 Å². The van der Waals surface area contributed by atoms with Gasteiger partial charge in [-0.3, -0.25) is 0 Å². The van der Waals surface area contributed by atoms with Gasteiger partial charge in [0.2, 0.25) is 0 Å². The van der Waals surface area contributed by atoms with Crippen LogP contribution in [0.4, 0.5) is 0 Å². The van der Waals surface area contributed by atoms with Gasteiger partial charge in [-0.15, -0.1) is 0 Å². The fraction of sp³-hybridized carbons (Fsp3) is 0.300. The van der Waals surface area contributed by atoms with Crippen LogP contribution >= 0.6 is 0 Å². The first kappa shape index (κ1) is 16.3. The number of carboxylic acid groups (broad SMARTS) is 2. The number of hydrogen-bond donors (Lipinski definition) is 2.